The highest BCUT2D eigenvalue weighted by atomic mass is 32.1. The van der Waals surface area contributed by atoms with Gasteiger partial charge in [-0.05, 0) is 12.5 Å². The number of hydrogen-bond acceptors (Lipinski definition) is 7. The molecule has 0 fully saturated rings. The first kappa shape index (κ1) is 18.7. The van der Waals surface area contributed by atoms with E-state index in [0.29, 0.717) is 18.9 Å². The van der Waals surface area contributed by atoms with Crippen molar-refractivity contribution in [2.45, 2.75) is 13.5 Å². The first-order valence-electron chi connectivity index (χ1n) is 7.74. The fourth-order valence-electron chi connectivity index (χ4n) is 2.50. The molecule has 0 radical (unpaired) electrons. The Balaban J connectivity index is 2.50. The lowest BCUT2D eigenvalue weighted by molar-refractivity contribution is -0.137. The van der Waals surface area contributed by atoms with Crippen LogP contribution in [0.15, 0.2) is 54.1 Å². The molecule has 0 bridgehead atoms. The van der Waals surface area contributed by atoms with Gasteiger partial charge >= 0.3 is 11.9 Å². The minimum atomic E-state index is -0.745. The van der Waals surface area contributed by atoms with E-state index in [1.54, 1.807) is 0 Å². The summed E-state index contributed by atoms with van der Waals surface area (Å²) in [4.78, 5) is 27.8. The van der Waals surface area contributed by atoms with E-state index in [1.807, 2.05) is 59.5 Å². The molecule has 132 valence electrons. The molecule has 1 aromatic carbocycles. The number of carbonyl (C=O) groups excluding carboxylic acids is 2. The Hall–Kier alpha value is -2.67. The predicted molar refractivity (Wildman–Crippen MR) is 97.2 cm³/mol. The maximum absolute atomic E-state index is 12.4. The van der Waals surface area contributed by atoms with E-state index in [9.17, 15) is 9.59 Å². The van der Waals surface area contributed by atoms with Crippen LogP contribution < -0.4 is 0 Å². The van der Waals surface area contributed by atoms with Crippen LogP contribution in [0.4, 0.5) is 0 Å². The average molecular weight is 360 g/mol. The van der Waals surface area contributed by atoms with Crippen LogP contribution in [0.25, 0.3) is 0 Å². The molecule has 0 amide bonds. The highest BCUT2D eigenvalue weighted by Crippen LogP contribution is 2.27. The highest BCUT2D eigenvalue weighted by molar-refractivity contribution is 7.82. The van der Waals surface area contributed by atoms with Crippen molar-refractivity contribution in [1.29, 1.82) is 0 Å². The van der Waals surface area contributed by atoms with Gasteiger partial charge in [-0.15, -0.1) is 0 Å². The van der Waals surface area contributed by atoms with Crippen molar-refractivity contribution < 1.29 is 19.1 Å². The molecule has 0 aromatic heterocycles. The summed E-state index contributed by atoms with van der Waals surface area (Å²) in [6, 6.07) is 9.78. The molecule has 0 N–H and O–H groups in total. The third-order valence-corrected chi connectivity index (χ3v) is 4.09. The number of ether oxygens (including phenoxy) is 2. The van der Waals surface area contributed by atoms with E-state index in [4.69, 9.17) is 21.7 Å². The maximum Gasteiger partial charge on any atom is 0.349 e. The zero-order valence-electron chi connectivity index (χ0n) is 14.4. The lowest BCUT2D eigenvalue weighted by atomic mass is 10.1. The van der Waals surface area contributed by atoms with Crippen LogP contribution in [0.1, 0.15) is 12.5 Å². The first-order valence-corrected chi connectivity index (χ1v) is 8.15. The monoisotopic (exact) mass is 360 g/mol. The third-order valence-electron chi connectivity index (χ3n) is 3.72. The van der Waals surface area contributed by atoms with Gasteiger partial charge in [-0.1, -0.05) is 42.5 Å². The van der Waals surface area contributed by atoms with Crippen LogP contribution in [0.2, 0.25) is 0 Å². The van der Waals surface area contributed by atoms with Crippen molar-refractivity contribution in [3.8, 4) is 0 Å². The van der Waals surface area contributed by atoms with E-state index < -0.39 is 11.9 Å². The molecule has 0 spiro atoms. The molecule has 1 aliphatic heterocycles. The summed E-state index contributed by atoms with van der Waals surface area (Å²) in [6.45, 7) is 3.06. The Kier molecular flexibility index (Phi) is 6.30. The summed E-state index contributed by atoms with van der Waals surface area (Å²) in [6.07, 6.45) is 3.68. The summed E-state index contributed by atoms with van der Waals surface area (Å²) in [5.74, 6) is -0.912. The van der Waals surface area contributed by atoms with Crippen molar-refractivity contribution in [2.24, 2.45) is 0 Å². The van der Waals surface area contributed by atoms with E-state index in [1.165, 1.54) is 14.2 Å². The van der Waals surface area contributed by atoms with Crippen LogP contribution >= 0.6 is 12.2 Å². The topological polar surface area (TPSA) is 59.1 Å². The van der Waals surface area contributed by atoms with Crippen molar-refractivity contribution in [3.05, 3.63) is 59.7 Å². The third kappa shape index (κ3) is 4.06. The second-order valence-corrected chi connectivity index (χ2v) is 5.62. The number of carbonyl (C=O) groups is 2. The largest absolute Gasteiger partial charge is 0.465 e. The maximum atomic E-state index is 12.4. The van der Waals surface area contributed by atoms with Gasteiger partial charge in [0.1, 0.15) is 16.3 Å². The smallest absolute Gasteiger partial charge is 0.349 e. The SMILES string of the molecule is CCN1C=CN(Cc2ccccc2)/C1=C(\C(=O)OC)C(=S)C(=O)OC. The van der Waals surface area contributed by atoms with Gasteiger partial charge in [0.05, 0.1) is 14.2 Å². The molecule has 0 unspecified atom stereocenters. The number of nitrogens with zero attached hydrogens (tertiary/aromatic N) is 2. The van der Waals surface area contributed by atoms with Gasteiger partial charge in [-0.2, -0.15) is 0 Å². The van der Waals surface area contributed by atoms with Crippen LogP contribution in [-0.4, -0.2) is 47.4 Å². The summed E-state index contributed by atoms with van der Waals surface area (Å²) in [5.41, 5.74) is 1.07. The minimum absolute atomic E-state index is 0.0205. The van der Waals surface area contributed by atoms with Gasteiger partial charge in [0.2, 0.25) is 0 Å². The molecule has 0 saturated heterocycles. The fourth-order valence-corrected chi connectivity index (χ4v) is 2.76. The van der Waals surface area contributed by atoms with Gasteiger partial charge in [-0.25, -0.2) is 9.59 Å². The van der Waals surface area contributed by atoms with E-state index in [0.717, 1.165) is 5.56 Å². The Bertz CT molecular complexity index is 728. The molecule has 1 aromatic rings. The van der Waals surface area contributed by atoms with Gasteiger partial charge in [-0.3, -0.25) is 0 Å². The van der Waals surface area contributed by atoms with Crippen LogP contribution in [-0.2, 0) is 25.6 Å². The molecular weight excluding hydrogens is 340 g/mol. The minimum Gasteiger partial charge on any atom is -0.465 e. The molecule has 6 nitrogen and oxygen atoms in total. The second-order valence-electron chi connectivity index (χ2n) is 5.21. The Morgan fingerprint density at radius 3 is 2.16 bits per heavy atom. The van der Waals surface area contributed by atoms with Crippen molar-refractivity contribution in [2.75, 3.05) is 20.8 Å². The van der Waals surface area contributed by atoms with Crippen molar-refractivity contribution in [1.82, 2.24) is 9.80 Å². The van der Waals surface area contributed by atoms with E-state index in [2.05, 4.69) is 0 Å². The average Bonchev–Trinajstić information content (AvgIpc) is 3.04. The molecule has 0 saturated carbocycles. The summed E-state index contributed by atoms with van der Waals surface area (Å²) < 4.78 is 9.55. The van der Waals surface area contributed by atoms with Gasteiger partial charge in [0.15, 0.2) is 0 Å². The van der Waals surface area contributed by atoms with Crippen LogP contribution in [0.3, 0.4) is 0 Å². The Morgan fingerprint density at radius 1 is 1.00 bits per heavy atom. The fraction of sp³-hybridized carbons (Fsp3) is 0.278. The number of methoxy groups -OCH3 is 2. The molecule has 7 heteroatoms. The standard InChI is InChI=1S/C18H20N2O4S/c1-4-19-10-11-20(12-13-8-6-5-7-9-13)16(19)14(17(21)23-2)15(25)18(22)24-3/h5-11H,4,12H2,1-3H3/b16-14-. The number of esters is 2. The second kappa shape index (κ2) is 8.43. The molecule has 25 heavy (non-hydrogen) atoms. The lowest BCUT2D eigenvalue weighted by Crippen LogP contribution is -2.32. The normalized spacial score (nSPS) is 15.2. The Labute approximate surface area is 152 Å². The molecular formula is C18H20N2O4S. The molecule has 2 rings (SSSR count). The molecule has 1 aliphatic rings. The summed E-state index contributed by atoms with van der Waals surface area (Å²) >= 11 is 5.18. The lowest BCUT2D eigenvalue weighted by Gasteiger charge is -2.26. The number of thiocarbonyl (C=S) groups is 1. The summed E-state index contributed by atoms with van der Waals surface area (Å²) in [7, 11) is 2.48. The van der Waals surface area contributed by atoms with Crippen LogP contribution in [0, 0.1) is 0 Å². The number of hydrogen-bond donors (Lipinski definition) is 0. The van der Waals surface area contributed by atoms with E-state index in [-0.39, 0.29) is 10.4 Å². The predicted octanol–water partition coefficient (Wildman–Crippen LogP) is 2.22. The molecule has 0 atom stereocenters. The molecule has 1 heterocycles. The van der Waals surface area contributed by atoms with Gasteiger partial charge < -0.3 is 19.3 Å². The van der Waals surface area contributed by atoms with E-state index >= 15 is 0 Å². The van der Waals surface area contributed by atoms with Gasteiger partial charge in [0.25, 0.3) is 0 Å². The quantitative estimate of drug-likeness (QED) is 0.438. The summed E-state index contributed by atoms with van der Waals surface area (Å²) in [5, 5.41) is 0. The number of rotatable bonds is 6. The van der Waals surface area contributed by atoms with Crippen molar-refractivity contribution in [3.63, 3.8) is 0 Å². The van der Waals surface area contributed by atoms with Gasteiger partial charge in [0, 0.05) is 25.5 Å². The zero-order chi connectivity index (χ0) is 18.4. The first-order chi connectivity index (χ1) is 12.0. The highest BCUT2D eigenvalue weighted by Gasteiger charge is 2.33. The van der Waals surface area contributed by atoms with Crippen molar-refractivity contribution >= 4 is 29.0 Å². The number of benzene rings is 1. The van der Waals surface area contributed by atoms with Crippen LogP contribution in [0.5, 0.6) is 0 Å². The molecule has 0 aliphatic carbocycles. The zero-order valence-corrected chi connectivity index (χ0v) is 15.2. The Morgan fingerprint density at radius 2 is 1.60 bits per heavy atom.